The molecule has 1 N–H and O–H groups in total. The van der Waals surface area contributed by atoms with E-state index in [2.05, 4.69) is 10.4 Å². The van der Waals surface area contributed by atoms with Gasteiger partial charge in [0.15, 0.2) is 0 Å². The van der Waals surface area contributed by atoms with Gasteiger partial charge >= 0.3 is 0 Å². The minimum Gasteiger partial charge on any atom is -0.472 e. The predicted octanol–water partition coefficient (Wildman–Crippen LogP) is 3.37. The highest BCUT2D eigenvalue weighted by atomic mass is 35.5. The first-order chi connectivity index (χ1) is 15.1. The number of hydrogen-bond donors (Lipinski definition) is 1. The zero-order chi connectivity index (χ0) is 21.6. The van der Waals surface area contributed by atoms with Crippen LogP contribution in [0.1, 0.15) is 28.8 Å². The Labute approximate surface area is 184 Å². The Morgan fingerprint density at radius 2 is 1.90 bits per heavy atom. The van der Waals surface area contributed by atoms with Crippen LogP contribution in [0.3, 0.4) is 0 Å². The molecule has 1 aliphatic rings. The van der Waals surface area contributed by atoms with Gasteiger partial charge in [-0.25, -0.2) is 0 Å². The summed E-state index contributed by atoms with van der Waals surface area (Å²) in [6.07, 6.45) is 2.07. The number of ether oxygens (including phenoxy) is 2. The third-order valence-electron chi connectivity index (χ3n) is 4.96. The Morgan fingerprint density at radius 3 is 2.61 bits per heavy atom. The van der Waals surface area contributed by atoms with Gasteiger partial charge in [0.1, 0.15) is 6.61 Å². The lowest BCUT2D eigenvalue weighted by molar-refractivity contribution is 0.0858. The molecule has 2 aromatic carbocycles. The van der Waals surface area contributed by atoms with Crippen LogP contribution in [0.4, 0.5) is 0 Å². The molecule has 4 rings (SSSR count). The van der Waals surface area contributed by atoms with Crippen molar-refractivity contribution < 1.29 is 14.3 Å². The molecule has 7 nitrogen and oxygen atoms in total. The van der Waals surface area contributed by atoms with E-state index in [0.29, 0.717) is 35.3 Å². The largest absolute Gasteiger partial charge is 0.472 e. The molecule has 0 bridgehead atoms. The molecule has 31 heavy (non-hydrogen) atoms. The summed E-state index contributed by atoms with van der Waals surface area (Å²) in [5.41, 5.74) is 1.68. The molecule has 8 heteroatoms. The lowest BCUT2D eigenvalue weighted by Gasteiger charge is -2.11. The fraction of sp³-hybridized carbons (Fsp3) is 0.261. The minimum atomic E-state index is -0.297. The standard InChI is InChI=1S/C23H22ClN3O4/c24-18-7-3-16(4-8-18)15-31-21-11-12-22(28)27(26-21)19-9-5-17(6-10-19)23(29)25-14-20-2-1-13-30-20/h3-12,20H,1-2,13-15H2,(H,25,29). The Balaban J connectivity index is 1.42. The van der Waals surface area contributed by atoms with Crippen molar-refractivity contribution in [2.75, 3.05) is 13.2 Å². The Kier molecular flexibility index (Phi) is 6.64. The number of rotatable bonds is 7. The number of benzene rings is 2. The van der Waals surface area contributed by atoms with Gasteiger partial charge in [-0.15, -0.1) is 5.10 Å². The zero-order valence-corrected chi connectivity index (χ0v) is 17.5. The van der Waals surface area contributed by atoms with Crippen LogP contribution in [0, 0.1) is 0 Å². The van der Waals surface area contributed by atoms with Crippen LogP contribution in [0.15, 0.2) is 65.5 Å². The van der Waals surface area contributed by atoms with Crippen molar-refractivity contribution in [3.05, 3.63) is 87.2 Å². The molecule has 1 unspecified atom stereocenters. The molecule has 0 saturated carbocycles. The van der Waals surface area contributed by atoms with Crippen molar-refractivity contribution >= 4 is 17.5 Å². The van der Waals surface area contributed by atoms with Crippen LogP contribution in [0.2, 0.25) is 5.02 Å². The van der Waals surface area contributed by atoms with Crippen LogP contribution in [-0.4, -0.2) is 34.9 Å². The number of halogens is 1. The van der Waals surface area contributed by atoms with Gasteiger partial charge in [0.2, 0.25) is 5.88 Å². The van der Waals surface area contributed by atoms with E-state index in [9.17, 15) is 9.59 Å². The summed E-state index contributed by atoms with van der Waals surface area (Å²) in [5.74, 6) is 0.135. The fourth-order valence-corrected chi connectivity index (χ4v) is 3.39. The molecule has 1 aliphatic heterocycles. The van der Waals surface area contributed by atoms with Gasteiger partial charge in [0.05, 0.1) is 11.8 Å². The number of carbonyl (C=O) groups is 1. The highest BCUT2D eigenvalue weighted by Gasteiger charge is 2.16. The second-order valence-electron chi connectivity index (χ2n) is 7.23. The van der Waals surface area contributed by atoms with Gasteiger partial charge in [0.25, 0.3) is 11.5 Å². The Hall–Kier alpha value is -3.16. The van der Waals surface area contributed by atoms with Crippen LogP contribution in [0.25, 0.3) is 5.69 Å². The lowest BCUT2D eigenvalue weighted by Crippen LogP contribution is -2.31. The Bertz CT molecular complexity index is 1090. The molecule has 1 fully saturated rings. The van der Waals surface area contributed by atoms with E-state index >= 15 is 0 Å². The van der Waals surface area contributed by atoms with Crippen molar-refractivity contribution in [2.45, 2.75) is 25.6 Å². The van der Waals surface area contributed by atoms with E-state index in [4.69, 9.17) is 21.1 Å². The van der Waals surface area contributed by atoms with E-state index in [1.807, 2.05) is 12.1 Å². The highest BCUT2D eigenvalue weighted by molar-refractivity contribution is 6.30. The number of nitrogens with zero attached hydrogens (tertiary/aromatic N) is 2. The average Bonchev–Trinajstić information content (AvgIpc) is 3.32. The van der Waals surface area contributed by atoms with E-state index in [-0.39, 0.29) is 17.6 Å². The van der Waals surface area contributed by atoms with Crippen molar-refractivity contribution in [3.63, 3.8) is 0 Å². The molecule has 3 aromatic rings. The summed E-state index contributed by atoms with van der Waals surface area (Å²) in [6.45, 7) is 1.54. The first-order valence-electron chi connectivity index (χ1n) is 10.1. The van der Waals surface area contributed by atoms with Crippen molar-refractivity contribution in [1.82, 2.24) is 15.1 Å². The first-order valence-corrected chi connectivity index (χ1v) is 10.4. The topological polar surface area (TPSA) is 82.4 Å². The lowest BCUT2D eigenvalue weighted by atomic mass is 10.2. The van der Waals surface area contributed by atoms with E-state index < -0.39 is 0 Å². The average molecular weight is 440 g/mol. The summed E-state index contributed by atoms with van der Waals surface area (Å²) in [4.78, 5) is 24.6. The molecule has 1 atom stereocenters. The molecular weight excluding hydrogens is 418 g/mol. The van der Waals surface area contributed by atoms with E-state index in [0.717, 1.165) is 25.0 Å². The fourth-order valence-electron chi connectivity index (χ4n) is 3.26. The van der Waals surface area contributed by atoms with Crippen LogP contribution in [-0.2, 0) is 11.3 Å². The third-order valence-corrected chi connectivity index (χ3v) is 5.22. The summed E-state index contributed by atoms with van der Waals surface area (Å²) in [7, 11) is 0. The molecule has 1 saturated heterocycles. The quantitative estimate of drug-likeness (QED) is 0.610. The maximum absolute atomic E-state index is 12.3. The minimum absolute atomic E-state index is 0.0848. The second kappa shape index (κ2) is 9.76. The summed E-state index contributed by atoms with van der Waals surface area (Å²) < 4.78 is 12.5. The molecule has 0 spiro atoms. The predicted molar refractivity (Wildman–Crippen MR) is 117 cm³/mol. The zero-order valence-electron chi connectivity index (χ0n) is 16.8. The number of amides is 1. The van der Waals surface area contributed by atoms with Gasteiger partial charge < -0.3 is 14.8 Å². The van der Waals surface area contributed by atoms with Crippen molar-refractivity contribution in [2.24, 2.45) is 0 Å². The SMILES string of the molecule is O=C(NCC1CCCO1)c1ccc(-n2nc(OCc3ccc(Cl)cc3)ccc2=O)cc1. The van der Waals surface area contributed by atoms with Gasteiger partial charge in [0, 0.05) is 35.9 Å². The Morgan fingerprint density at radius 1 is 1.13 bits per heavy atom. The van der Waals surface area contributed by atoms with Gasteiger partial charge in [-0.2, -0.15) is 4.68 Å². The number of aromatic nitrogens is 2. The highest BCUT2D eigenvalue weighted by Crippen LogP contribution is 2.14. The van der Waals surface area contributed by atoms with Gasteiger partial charge in [-0.3, -0.25) is 9.59 Å². The monoisotopic (exact) mass is 439 g/mol. The van der Waals surface area contributed by atoms with E-state index in [1.54, 1.807) is 36.4 Å². The molecule has 0 radical (unpaired) electrons. The van der Waals surface area contributed by atoms with Crippen LogP contribution >= 0.6 is 11.6 Å². The molecular formula is C23H22ClN3O4. The first kappa shape index (κ1) is 21.1. The van der Waals surface area contributed by atoms with Crippen molar-refractivity contribution in [1.29, 1.82) is 0 Å². The maximum Gasteiger partial charge on any atom is 0.271 e. The molecule has 2 heterocycles. The van der Waals surface area contributed by atoms with E-state index in [1.165, 1.54) is 16.8 Å². The summed E-state index contributed by atoms with van der Waals surface area (Å²) in [6, 6.07) is 16.9. The number of nitrogens with one attached hydrogen (secondary N) is 1. The van der Waals surface area contributed by atoms with Crippen LogP contribution < -0.4 is 15.6 Å². The van der Waals surface area contributed by atoms with Gasteiger partial charge in [-0.05, 0) is 54.8 Å². The third kappa shape index (κ3) is 5.51. The van der Waals surface area contributed by atoms with Crippen molar-refractivity contribution in [3.8, 4) is 11.6 Å². The molecule has 1 aromatic heterocycles. The van der Waals surface area contributed by atoms with Gasteiger partial charge in [-0.1, -0.05) is 23.7 Å². The normalized spacial score (nSPS) is 15.6. The summed E-state index contributed by atoms with van der Waals surface area (Å²) in [5, 5.41) is 7.81. The number of hydrogen-bond acceptors (Lipinski definition) is 5. The van der Waals surface area contributed by atoms with Crippen LogP contribution in [0.5, 0.6) is 5.88 Å². The number of carbonyl (C=O) groups excluding carboxylic acids is 1. The summed E-state index contributed by atoms with van der Waals surface area (Å²) >= 11 is 5.89. The smallest absolute Gasteiger partial charge is 0.271 e. The second-order valence-corrected chi connectivity index (χ2v) is 7.67. The maximum atomic E-state index is 12.3. The molecule has 1 amide bonds. The molecule has 160 valence electrons. The molecule has 0 aliphatic carbocycles.